The molecule has 0 heterocycles. The molecular weight excluding hydrogens is 300 g/mol. The average Bonchev–Trinajstić information content (AvgIpc) is 2.50. The molecule has 0 aliphatic heterocycles. The first-order valence-corrected chi connectivity index (χ1v) is 6.70. The molecule has 1 amide bonds. The summed E-state index contributed by atoms with van der Waals surface area (Å²) in [5.74, 6) is -2.03. The molecule has 0 aromatic heterocycles. The van der Waals surface area contributed by atoms with Crippen molar-refractivity contribution in [2.75, 3.05) is 5.32 Å². The maximum absolute atomic E-state index is 12.4. The third-order valence-corrected chi connectivity index (χ3v) is 3.41. The van der Waals surface area contributed by atoms with E-state index >= 15 is 0 Å². The summed E-state index contributed by atoms with van der Waals surface area (Å²) >= 11 is 0. The number of nitrogens with one attached hydrogen (secondary N) is 1. The molecule has 0 fully saturated rings. The molecular formula is C16H14N2O5. The quantitative estimate of drug-likeness (QED) is 0.665. The Hall–Kier alpha value is -3.22. The number of carboxylic acid groups (broad SMARTS) is 1. The van der Waals surface area contributed by atoms with Gasteiger partial charge in [0.1, 0.15) is 0 Å². The largest absolute Gasteiger partial charge is 0.478 e. The number of aryl methyl sites for hydroxylation is 2. The van der Waals surface area contributed by atoms with Crippen molar-refractivity contribution in [3.05, 3.63) is 68.8 Å². The summed E-state index contributed by atoms with van der Waals surface area (Å²) in [7, 11) is 0. The molecule has 7 heteroatoms. The molecule has 0 aliphatic rings. The van der Waals surface area contributed by atoms with Crippen molar-refractivity contribution < 1.29 is 19.6 Å². The van der Waals surface area contributed by atoms with E-state index < -0.39 is 16.8 Å². The van der Waals surface area contributed by atoms with E-state index in [0.29, 0.717) is 5.69 Å². The van der Waals surface area contributed by atoms with Crippen LogP contribution in [-0.4, -0.2) is 21.9 Å². The maximum atomic E-state index is 12.4. The van der Waals surface area contributed by atoms with E-state index in [4.69, 9.17) is 5.11 Å². The number of hydrogen-bond donors (Lipinski definition) is 2. The Balaban J connectivity index is 2.47. The Morgan fingerprint density at radius 3 is 2.22 bits per heavy atom. The molecule has 23 heavy (non-hydrogen) atoms. The number of aromatic carboxylic acids is 1. The molecule has 0 radical (unpaired) electrons. The molecule has 0 unspecified atom stereocenters. The second-order valence-corrected chi connectivity index (χ2v) is 5.01. The summed E-state index contributed by atoms with van der Waals surface area (Å²) in [5, 5.41) is 22.7. The van der Waals surface area contributed by atoms with Gasteiger partial charge in [0, 0.05) is 17.8 Å². The van der Waals surface area contributed by atoms with Crippen LogP contribution >= 0.6 is 0 Å². The highest BCUT2D eigenvalue weighted by Crippen LogP contribution is 2.23. The summed E-state index contributed by atoms with van der Waals surface area (Å²) < 4.78 is 0. The number of carbonyl (C=O) groups is 2. The fourth-order valence-corrected chi connectivity index (χ4v) is 2.21. The van der Waals surface area contributed by atoms with E-state index in [1.54, 1.807) is 26.0 Å². The van der Waals surface area contributed by atoms with Gasteiger partial charge in [-0.1, -0.05) is 18.2 Å². The van der Waals surface area contributed by atoms with Crippen LogP contribution in [-0.2, 0) is 0 Å². The summed E-state index contributed by atoms with van der Waals surface area (Å²) in [5.41, 5.74) is 1.28. The third kappa shape index (κ3) is 3.34. The predicted molar refractivity (Wildman–Crippen MR) is 83.9 cm³/mol. The number of non-ortho nitro benzene ring substituents is 1. The number of anilines is 1. The number of amides is 1. The molecule has 2 N–H and O–H groups in total. The van der Waals surface area contributed by atoms with E-state index in [-0.39, 0.29) is 16.8 Å². The van der Waals surface area contributed by atoms with E-state index in [1.165, 1.54) is 0 Å². The fourth-order valence-electron chi connectivity index (χ4n) is 2.21. The Kier molecular flexibility index (Phi) is 4.40. The molecule has 2 rings (SSSR count). The standard InChI is InChI=1S/C16H14N2O5/c1-9-4-3-5-10(2)14(9)17-15(19)13-8-11(18(22)23)6-7-12(13)16(20)21/h3-8H,1-2H3,(H,17,19)(H,20,21). The number of nitro benzene ring substituents is 1. The van der Waals surface area contributed by atoms with Crippen LogP contribution in [0.4, 0.5) is 11.4 Å². The van der Waals surface area contributed by atoms with Gasteiger partial charge in [0.05, 0.1) is 16.1 Å². The Bertz CT molecular complexity index is 794. The van der Waals surface area contributed by atoms with Crippen LogP contribution in [0, 0.1) is 24.0 Å². The highest BCUT2D eigenvalue weighted by Gasteiger charge is 2.21. The minimum absolute atomic E-state index is 0.255. The first-order chi connectivity index (χ1) is 10.8. The molecule has 0 aliphatic carbocycles. The first-order valence-electron chi connectivity index (χ1n) is 6.70. The van der Waals surface area contributed by atoms with Crippen molar-refractivity contribution in [1.82, 2.24) is 0 Å². The highest BCUT2D eigenvalue weighted by atomic mass is 16.6. The number of carboxylic acids is 1. The smallest absolute Gasteiger partial charge is 0.336 e. The lowest BCUT2D eigenvalue weighted by molar-refractivity contribution is -0.384. The van der Waals surface area contributed by atoms with Crippen LogP contribution in [0.15, 0.2) is 36.4 Å². The van der Waals surface area contributed by atoms with Gasteiger partial charge in [0.25, 0.3) is 11.6 Å². The van der Waals surface area contributed by atoms with Crippen LogP contribution in [0.25, 0.3) is 0 Å². The molecule has 118 valence electrons. The van der Waals surface area contributed by atoms with Gasteiger partial charge in [0.2, 0.25) is 0 Å². The van der Waals surface area contributed by atoms with E-state index in [9.17, 15) is 19.7 Å². The first kappa shape index (κ1) is 16.2. The second-order valence-electron chi connectivity index (χ2n) is 5.01. The summed E-state index contributed by atoms with van der Waals surface area (Å²) in [4.78, 5) is 33.8. The van der Waals surface area contributed by atoms with E-state index in [1.807, 2.05) is 6.07 Å². The van der Waals surface area contributed by atoms with Crippen LogP contribution in [0.3, 0.4) is 0 Å². The topological polar surface area (TPSA) is 110 Å². The van der Waals surface area contributed by atoms with Gasteiger partial charge >= 0.3 is 5.97 Å². The lowest BCUT2D eigenvalue weighted by atomic mass is 10.0. The Morgan fingerprint density at radius 2 is 1.70 bits per heavy atom. The van der Waals surface area contributed by atoms with Crippen LogP contribution in [0.5, 0.6) is 0 Å². The minimum atomic E-state index is -1.33. The molecule has 0 bridgehead atoms. The zero-order valence-corrected chi connectivity index (χ0v) is 12.5. The van der Waals surface area contributed by atoms with Crippen molar-refractivity contribution >= 4 is 23.3 Å². The monoisotopic (exact) mass is 314 g/mol. The second kappa shape index (κ2) is 6.27. The number of benzene rings is 2. The summed E-state index contributed by atoms with van der Waals surface area (Å²) in [6.45, 7) is 3.60. The molecule has 2 aromatic carbocycles. The average molecular weight is 314 g/mol. The number of hydrogen-bond acceptors (Lipinski definition) is 4. The highest BCUT2D eigenvalue weighted by molar-refractivity contribution is 6.11. The summed E-state index contributed by atoms with van der Waals surface area (Å²) in [6.07, 6.45) is 0. The number of para-hydroxylation sites is 1. The fraction of sp³-hybridized carbons (Fsp3) is 0.125. The molecule has 0 saturated carbocycles. The van der Waals surface area contributed by atoms with Crippen LogP contribution in [0.2, 0.25) is 0 Å². The van der Waals surface area contributed by atoms with Crippen molar-refractivity contribution in [2.24, 2.45) is 0 Å². The molecule has 7 nitrogen and oxygen atoms in total. The molecule has 2 aromatic rings. The predicted octanol–water partition coefficient (Wildman–Crippen LogP) is 3.16. The minimum Gasteiger partial charge on any atom is -0.478 e. The van der Waals surface area contributed by atoms with Crippen molar-refractivity contribution in [2.45, 2.75) is 13.8 Å². The van der Waals surface area contributed by atoms with E-state index in [0.717, 1.165) is 29.3 Å². The zero-order valence-electron chi connectivity index (χ0n) is 12.5. The van der Waals surface area contributed by atoms with Gasteiger partial charge < -0.3 is 10.4 Å². The number of nitro groups is 1. The third-order valence-electron chi connectivity index (χ3n) is 3.41. The van der Waals surface area contributed by atoms with Crippen molar-refractivity contribution in [3.63, 3.8) is 0 Å². The SMILES string of the molecule is Cc1cccc(C)c1NC(=O)c1cc([N+](=O)[O-])ccc1C(=O)O. The Labute approximate surface area is 131 Å². The maximum Gasteiger partial charge on any atom is 0.336 e. The van der Waals surface area contributed by atoms with Gasteiger partial charge in [-0.05, 0) is 31.0 Å². The normalized spacial score (nSPS) is 10.2. The van der Waals surface area contributed by atoms with Gasteiger partial charge in [-0.3, -0.25) is 14.9 Å². The van der Waals surface area contributed by atoms with Gasteiger partial charge in [0.15, 0.2) is 0 Å². The number of carbonyl (C=O) groups excluding carboxylic acids is 1. The number of rotatable bonds is 4. The zero-order chi connectivity index (χ0) is 17.1. The lowest BCUT2D eigenvalue weighted by Crippen LogP contribution is -2.18. The van der Waals surface area contributed by atoms with Crippen molar-refractivity contribution in [3.8, 4) is 0 Å². The van der Waals surface area contributed by atoms with Crippen LogP contribution < -0.4 is 5.32 Å². The van der Waals surface area contributed by atoms with Gasteiger partial charge in [-0.25, -0.2) is 4.79 Å². The number of nitrogens with zero attached hydrogens (tertiary/aromatic N) is 1. The molecule has 0 atom stereocenters. The Morgan fingerprint density at radius 1 is 1.09 bits per heavy atom. The van der Waals surface area contributed by atoms with Gasteiger partial charge in [-0.2, -0.15) is 0 Å². The summed E-state index contributed by atoms with van der Waals surface area (Å²) in [6, 6.07) is 8.50. The van der Waals surface area contributed by atoms with Crippen molar-refractivity contribution in [1.29, 1.82) is 0 Å². The van der Waals surface area contributed by atoms with E-state index in [2.05, 4.69) is 5.32 Å². The lowest BCUT2D eigenvalue weighted by Gasteiger charge is -2.12. The van der Waals surface area contributed by atoms with Crippen LogP contribution in [0.1, 0.15) is 31.8 Å². The molecule has 0 saturated heterocycles. The van der Waals surface area contributed by atoms with Gasteiger partial charge in [-0.15, -0.1) is 0 Å². The molecule has 0 spiro atoms.